The average Bonchev–Trinajstić information content (AvgIpc) is 2.28. The highest BCUT2D eigenvalue weighted by Crippen LogP contribution is 1.92. The van der Waals surface area contributed by atoms with Crippen molar-refractivity contribution in [3.05, 3.63) is 18.7 Å². The third-order valence-electron chi connectivity index (χ3n) is 1.37. The van der Waals surface area contributed by atoms with E-state index in [4.69, 9.17) is 4.55 Å². The smallest absolute Gasteiger partial charge is 0.304 e. The maximum Gasteiger partial charge on any atom is 0.304 e. The summed E-state index contributed by atoms with van der Waals surface area (Å²) in [6.45, 7) is 0. The minimum atomic E-state index is -4.42. The third-order valence-corrected chi connectivity index (χ3v) is 2.60. The van der Waals surface area contributed by atoms with Crippen molar-refractivity contribution in [2.45, 2.75) is 11.8 Å². The molecule has 15 heavy (non-hydrogen) atoms. The van der Waals surface area contributed by atoms with Gasteiger partial charge in [-0.05, 0) is 0 Å². The van der Waals surface area contributed by atoms with Crippen LogP contribution in [0.25, 0.3) is 0 Å². The zero-order chi connectivity index (χ0) is 11.7. The fraction of sp³-hybridized carbons (Fsp3) is 0.400. The van der Waals surface area contributed by atoms with E-state index in [1.165, 1.54) is 12.4 Å². The van der Waals surface area contributed by atoms with Crippen LogP contribution in [0.1, 0.15) is 0 Å². The van der Waals surface area contributed by atoms with E-state index in [0.717, 1.165) is 15.5 Å². The molecule has 0 amide bonds. The molecule has 0 aliphatic rings. The van der Waals surface area contributed by atoms with E-state index in [1.807, 2.05) is 0 Å². The summed E-state index contributed by atoms with van der Waals surface area (Å²) >= 11 is 0. The Kier molecular flexibility index (Phi) is 3.13. The molecule has 0 unspecified atom stereocenters. The summed E-state index contributed by atoms with van der Waals surface area (Å²) in [5.74, 6) is -1.48. The molecule has 0 saturated carbocycles. The number of aromatic nitrogens is 2. The summed E-state index contributed by atoms with van der Waals surface area (Å²) < 4.78 is 62.4. The van der Waals surface area contributed by atoms with Crippen LogP contribution in [0.3, 0.4) is 0 Å². The number of nitrogens with zero attached hydrogens (tertiary/aromatic N) is 2. The first-order chi connectivity index (χ1) is 6.66. The van der Waals surface area contributed by atoms with Gasteiger partial charge >= 0.3 is 10.1 Å². The van der Waals surface area contributed by atoms with Gasteiger partial charge in [0.15, 0.2) is 5.88 Å². The molecule has 1 heterocycles. The SMILES string of the molecule is O=S(=O)([O-])C[n+]1ccn(CS(=O)(=O)O)c1. The molecule has 0 atom stereocenters. The first-order valence-corrected chi connectivity index (χ1v) is 6.78. The number of hydrogen-bond donors (Lipinski definition) is 1. The van der Waals surface area contributed by atoms with Crippen LogP contribution in [0.2, 0.25) is 0 Å². The normalized spacial score (nSPS) is 12.9. The molecule has 0 aliphatic heterocycles. The Labute approximate surface area is 86.3 Å². The minimum Gasteiger partial charge on any atom is -0.745 e. The van der Waals surface area contributed by atoms with Crippen LogP contribution < -0.4 is 4.57 Å². The number of rotatable bonds is 4. The molecule has 0 saturated heterocycles. The highest BCUT2D eigenvalue weighted by Gasteiger charge is 2.12. The van der Waals surface area contributed by atoms with Crippen molar-refractivity contribution in [1.29, 1.82) is 0 Å². The highest BCUT2D eigenvalue weighted by molar-refractivity contribution is 7.84. The second kappa shape index (κ2) is 3.89. The first kappa shape index (κ1) is 12.1. The van der Waals surface area contributed by atoms with Crippen LogP contribution in [0, 0.1) is 0 Å². The van der Waals surface area contributed by atoms with E-state index in [1.54, 1.807) is 0 Å². The van der Waals surface area contributed by atoms with E-state index in [0.29, 0.717) is 0 Å². The van der Waals surface area contributed by atoms with Gasteiger partial charge in [-0.25, -0.2) is 17.6 Å². The molecule has 0 spiro atoms. The van der Waals surface area contributed by atoms with E-state index in [9.17, 15) is 21.4 Å². The molecule has 1 aromatic rings. The Balaban J connectivity index is 2.82. The van der Waals surface area contributed by atoms with Crippen molar-refractivity contribution >= 4 is 20.2 Å². The zero-order valence-electron chi connectivity index (χ0n) is 7.35. The van der Waals surface area contributed by atoms with Gasteiger partial charge < -0.3 is 4.55 Å². The second-order valence-electron chi connectivity index (χ2n) is 2.84. The van der Waals surface area contributed by atoms with Crippen LogP contribution in [0.15, 0.2) is 18.7 Å². The zero-order valence-corrected chi connectivity index (χ0v) is 8.98. The third kappa shape index (κ3) is 4.88. The Bertz CT molecular complexity index is 493. The molecule has 0 radical (unpaired) electrons. The van der Waals surface area contributed by atoms with Crippen molar-refractivity contribution in [1.82, 2.24) is 4.57 Å². The summed E-state index contributed by atoms with van der Waals surface area (Å²) in [5.41, 5.74) is 0. The topological polar surface area (TPSA) is 120 Å². The van der Waals surface area contributed by atoms with Crippen LogP contribution >= 0.6 is 0 Å². The van der Waals surface area contributed by atoms with Crippen LogP contribution in [-0.2, 0) is 32.0 Å². The van der Waals surface area contributed by atoms with E-state index < -0.39 is 32.0 Å². The molecular formula is C5H8N2O6S2. The van der Waals surface area contributed by atoms with Crippen LogP contribution in [-0.4, -0.2) is 30.5 Å². The van der Waals surface area contributed by atoms with E-state index in [2.05, 4.69) is 0 Å². The summed E-state index contributed by atoms with van der Waals surface area (Å²) in [5, 5.41) is 0. The second-order valence-corrected chi connectivity index (χ2v) is 5.64. The van der Waals surface area contributed by atoms with Crippen molar-refractivity contribution in [2.24, 2.45) is 0 Å². The van der Waals surface area contributed by atoms with Gasteiger partial charge in [-0.1, -0.05) is 0 Å². The summed E-state index contributed by atoms with van der Waals surface area (Å²) in [6, 6.07) is 0. The van der Waals surface area contributed by atoms with Gasteiger partial charge in [0, 0.05) is 0 Å². The summed E-state index contributed by atoms with van der Waals surface area (Å²) in [7, 11) is -8.61. The fourth-order valence-electron chi connectivity index (χ4n) is 0.962. The standard InChI is InChI=1S/C5H8N2O6S2/c8-14(9,10)4-6-1-2-7(3-6)5-15(11,12)13/h1-3H,4-5H2,(H-,8,9,10,11,12,13). The molecule has 1 N–H and O–H groups in total. The molecule has 1 aromatic heterocycles. The first-order valence-electron chi connectivity index (χ1n) is 3.59. The lowest BCUT2D eigenvalue weighted by Gasteiger charge is -2.01. The van der Waals surface area contributed by atoms with Gasteiger partial charge in [0.2, 0.25) is 12.2 Å². The minimum absolute atomic E-state index is 0.696. The molecular weight excluding hydrogens is 248 g/mol. The molecule has 10 heteroatoms. The molecule has 0 aromatic carbocycles. The monoisotopic (exact) mass is 256 g/mol. The number of hydrogen-bond acceptors (Lipinski definition) is 5. The Hall–Kier alpha value is -0.970. The molecule has 0 bridgehead atoms. The Morgan fingerprint density at radius 1 is 1.33 bits per heavy atom. The average molecular weight is 256 g/mol. The van der Waals surface area contributed by atoms with E-state index >= 15 is 0 Å². The Morgan fingerprint density at radius 3 is 2.40 bits per heavy atom. The summed E-state index contributed by atoms with van der Waals surface area (Å²) in [4.78, 5) is 0. The largest absolute Gasteiger partial charge is 0.745 e. The van der Waals surface area contributed by atoms with Crippen molar-refractivity contribution in [3.8, 4) is 0 Å². The van der Waals surface area contributed by atoms with Crippen LogP contribution in [0.5, 0.6) is 0 Å². The molecule has 1 rings (SSSR count). The van der Waals surface area contributed by atoms with E-state index in [-0.39, 0.29) is 0 Å². The summed E-state index contributed by atoms with van der Waals surface area (Å²) in [6.07, 6.45) is 3.52. The fourth-order valence-corrected chi connectivity index (χ4v) is 2.01. The predicted octanol–water partition coefficient (Wildman–Crippen LogP) is -1.88. The van der Waals surface area contributed by atoms with Gasteiger partial charge in [0.1, 0.15) is 22.5 Å². The molecule has 86 valence electrons. The van der Waals surface area contributed by atoms with Gasteiger partial charge in [-0.2, -0.15) is 8.42 Å². The van der Waals surface area contributed by atoms with Crippen LogP contribution in [0.4, 0.5) is 0 Å². The van der Waals surface area contributed by atoms with Crippen molar-refractivity contribution in [2.75, 3.05) is 0 Å². The lowest BCUT2D eigenvalue weighted by atomic mass is 10.9. The quantitative estimate of drug-likeness (QED) is 0.497. The molecule has 0 aliphatic carbocycles. The number of imidazole rings is 1. The maximum atomic E-state index is 10.4. The van der Waals surface area contributed by atoms with Gasteiger partial charge in [-0.3, -0.25) is 4.55 Å². The molecule has 0 fully saturated rings. The highest BCUT2D eigenvalue weighted by atomic mass is 32.2. The maximum absolute atomic E-state index is 10.4. The van der Waals surface area contributed by atoms with Gasteiger partial charge in [0.05, 0.1) is 0 Å². The van der Waals surface area contributed by atoms with Crippen molar-refractivity contribution in [3.63, 3.8) is 0 Å². The molecule has 8 nitrogen and oxygen atoms in total. The van der Waals surface area contributed by atoms with Gasteiger partial charge in [0.25, 0.3) is 0 Å². The lowest BCUT2D eigenvalue weighted by molar-refractivity contribution is -0.677. The lowest BCUT2D eigenvalue weighted by Crippen LogP contribution is -2.35. The van der Waals surface area contributed by atoms with Crippen molar-refractivity contribution < 1.29 is 30.5 Å². The van der Waals surface area contributed by atoms with Gasteiger partial charge in [-0.15, -0.1) is 0 Å². The predicted molar refractivity (Wildman–Crippen MR) is 45.9 cm³/mol. The Morgan fingerprint density at radius 2 is 1.93 bits per heavy atom.